The van der Waals surface area contributed by atoms with Crippen LogP contribution in [0.15, 0.2) is 24.3 Å². The van der Waals surface area contributed by atoms with Gasteiger partial charge in [0, 0.05) is 17.6 Å². The van der Waals surface area contributed by atoms with Crippen molar-refractivity contribution in [3.05, 3.63) is 29.8 Å². The summed E-state index contributed by atoms with van der Waals surface area (Å²) in [6, 6.07) is 7.99. The molecule has 3 nitrogen and oxygen atoms in total. The van der Waals surface area contributed by atoms with Crippen molar-refractivity contribution in [1.82, 2.24) is 5.32 Å². The molecule has 1 amide bonds. The Bertz CT molecular complexity index is 415. The van der Waals surface area contributed by atoms with Crippen LogP contribution in [-0.4, -0.2) is 17.5 Å². The lowest BCUT2D eigenvalue weighted by molar-refractivity contribution is -0.123. The molecule has 98 valence electrons. The van der Waals surface area contributed by atoms with Gasteiger partial charge in [0.25, 0.3) is 0 Å². The van der Waals surface area contributed by atoms with E-state index >= 15 is 0 Å². The molecular weight excluding hydrogens is 224 g/mol. The molecule has 0 unspecified atom stereocenters. The van der Waals surface area contributed by atoms with Gasteiger partial charge in [-0.15, -0.1) is 0 Å². The highest BCUT2D eigenvalue weighted by atomic mass is 16.2. The summed E-state index contributed by atoms with van der Waals surface area (Å²) in [6.45, 7) is 6.30. The lowest BCUT2D eigenvalue weighted by Crippen LogP contribution is -2.49. The molecule has 2 N–H and O–H groups in total. The Morgan fingerprint density at radius 1 is 1.44 bits per heavy atom. The second kappa shape index (κ2) is 5.01. The van der Waals surface area contributed by atoms with Crippen LogP contribution >= 0.6 is 0 Å². The smallest absolute Gasteiger partial charge is 0.243 e. The van der Waals surface area contributed by atoms with E-state index in [-0.39, 0.29) is 17.5 Å². The number of hydrogen-bond donors (Lipinski definition) is 2. The van der Waals surface area contributed by atoms with Crippen LogP contribution < -0.4 is 10.6 Å². The van der Waals surface area contributed by atoms with Crippen molar-refractivity contribution in [3.8, 4) is 0 Å². The quantitative estimate of drug-likeness (QED) is 0.857. The Hall–Kier alpha value is -1.51. The highest BCUT2D eigenvalue weighted by molar-refractivity contribution is 5.87. The molecule has 1 aromatic rings. The van der Waals surface area contributed by atoms with Crippen LogP contribution in [0.5, 0.6) is 0 Å². The molecule has 2 rings (SSSR count). The third kappa shape index (κ3) is 2.84. The second-order valence-corrected chi connectivity index (χ2v) is 5.68. The molecule has 1 heterocycles. The summed E-state index contributed by atoms with van der Waals surface area (Å²) in [5, 5.41) is 6.42. The molecule has 1 aliphatic heterocycles. The number of nitrogens with one attached hydrogen (secondary N) is 2. The van der Waals surface area contributed by atoms with E-state index in [4.69, 9.17) is 0 Å². The van der Waals surface area contributed by atoms with E-state index in [1.54, 1.807) is 0 Å². The number of benzene rings is 1. The third-order valence-corrected chi connectivity index (χ3v) is 3.42. The Morgan fingerprint density at radius 3 is 2.83 bits per heavy atom. The van der Waals surface area contributed by atoms with Gasteiger partial charge in [-0.25, -0.2) is 0 Å². The summed E-state index contributed by atoms with van der Waals surface area (Å²) in [5.74, 6) is 0.102. The molecule has 0 fully saturated rings. The van der Waals surface area contributed by atoms with E-state index in [0.29, 0.717) is 0 Å². The monoisotopic (exact) mass is 246 g/mol. The number of para-hydroxylation sites is 1. The minimum Gasteiger partial charge on any atom is -0.373 e. The molecule has 0 aliphatic carbocycles. The highest BCUT2D eigenvalue weighted by Gasteiger charge is 2.29. The van der Waals surface area contributed by atoms with Crippen molar-refractivity contribution in [2.75, 3.05) is 5.32 Å². The molecule has 0 radical (unpaired) electrons. The van der Waals surface area contributed by atoms with Crippen molar-refractivity contribution in [1.29, 1.82) is 0 Å². The zero-order chi connectivity index (χ0) is 13.2. The summed E-state index contributed by atoms with van der Waals surface area (Å²) in [4.78, 5) is 12.2. The van der Waals surface area contributed by atoms with Crippen LogP contribution in [0.3, 0.4) is 0 Å². The first-order valence-electron chi connectivity index (χ1n) is 6.68. The Kier molecular flexibility index (Phi) is 3.60. The summed E-state index contributed by atoms with van der Waals surface area (Å²) < 4.78 is 0. The summed E-state index contributed by atoms with van der Waals surface area (Å²) in [6.07, 6.45) is 2.86. The molecule has 0 spiro atoms. The van der Waals surface area contributed by atoms with Crippen LogP contribution in [-0.2, 0) is 11.2 Å². The largest absolute Gasteiger partial charge is 0.373 e. The van der Waals surface area contributed by atoms with Gasteiger partial charge in [0.1, 0.15) is 6.04 Å². The number of anilines is 1. The minimum atomic E-state index is -0.126. The number of hydrogen-bond acceptors (Lipinski definition) is 2. The molecule has 1 atom stereocenters. The zero-order valence-electron chi connectivity index (χ0n) is 11.4. The van der Waals surface area contributed by atoms with E-state index in [9.17, 15) is 4.79 Å². The lowest BCUT2D eigenvalue weighted by Gasteiger charge is -2.27. The Balaban J connectivity index is 1.97. The number of carbonyl (C=O) groups is 1. The average molecular weight is 246 g/mol. The van der Waals surface area contributed by atoms with Gasteiger partial charge in [-0.1, -0.05) is 31.5 Å². The van der Waals surface area contributed by atoms with Crippen LogP contribution in [0.1, 0.15) is 39.2 Å². The molecule has 0 bridgehead atoms. The van der Waals surface area contributed by atoms with Crippen molar-refractivity contribution in [2.45, 2.75) is 51.6 Å². The molecule has 18 heavy (non-hydrogen) atoms. The van der Waals surface area contributed by atoms with Crippen LogP contribution in [0.2, 0.25) is 0 Å². The fourth-order valence-electron chi connectivity index (χ4n) is 2.56. The number of fused-ring (bicyclic) bond motifs is 1. The van der Waals surface area contributed by atoms with E-state index in [1.165, 1.54) is 5.56 Å². The number of carbonyl (C=O) groups excluding carboxylic acids is 1. The zero-order valence-corrected chi connectivity index (χ0v) is 11.4. The molecule has 0 aromatic heterocycles. The maximum Gasteiger partial charge on any atom is 0.243 e. The van der Waals surface area contributed by atoms with Gasteiger partial charge in [0.15, 0.2) is 0 Å². The van der Waals surface area contributed by atoms with Crippen LogP contribution in [0, 0.1) is 0 Å². The van der Waals surface area contributed by atoms with E-state index < -0.39 is 0 Å². The first kappa shape index (κ1) is 12.9. The molecule has 0 saturated heterocycles. The first-order chi connectivity index (χ1) is 8.52. The fourth-order valence-corrected chi connectivity index (χ4v) is 2.56. The fraction of sp³-hybridized carbons (Fsp3) is 0.533. The van der Waals surface area contributed by atoms with Gasteiger partial charge < -0.3 is 10.6 Å². The molecule has 0 saturated carbocycles. The predicted octanol–water partition coefficient (Wildman–Crippen LogP) is 2.72. The van der Waals surface area contributed by atoms with Crippen molar-refractivity contribution in [3.63, 3.8) is 0 Å². The lowest BCUT2D eigenvalue weighted by atomic mass is 9.98. The SMILES string of the molecule is CCCC(C)(C)NC(=O)[C@@H]1Cc2ccccc2N1. The minimum absolute atomic E-state index is 0.102. The number of rotatable bonds is 4. The maximum absolute atomic E-state index is 12.2. The third-order valence-electron chi connectivity index (χ3n) is 3.42. The van der Waals surface area contributed by atoms with Gasteiger partial charge in [0.05, 0.1) is 0 Å². The van der Waals surface area contributed by atoms with Gasteiger partial charge in [0.2, 0.25) is 5.91 Å². The van der Waals surface area contributed by atoms with Gasteiger partial charge in [-0.05, 0) is 31.9 Å². The van der Waals surface area contributed by atoms with Crippen molar-refractivity contribution >= 4 is 11.6 Å². The predicted molar refractivity (Wildman–Crippen MR) is 74.7 cm³/mol. The summed E-state index contributed by atoms with van der Waals surface area (Å²) >= 11 is 0. The molecule has 1 aromatic carbocycles. The molecule has 1 aliphatic rings. The molecular formula is C15H22N2O. The number of amides is 1. The first-order valence-corrected chi connectivity index (χ1v) is 6.68. The van der Waals surface area contributed by atoms with E-state index in [2.05, 4.69) is 37.5 Å². The summed E-state index contributed by atoms with van der Waals surface area (Å²) in [7, 11) is 0. The van der Waals surface area contributed by atoms with Crippen molar-refractivity contribution in [2.24, 2.45) is 0 Å². The van der Waals surface area contributed by atoms with Crippen LogP contribution in [0.25, 0.3) is 0 Å². The second-order valence-electron chi connectivity index (χ2n) is 5.68. The van der Waals surface area contributed by atoms with E-state index in [1.807, 2.05) is 18.2 Å². The standard InChI is InChI=1S/C15H22N2O/c1-4-9-15(2,3)17-14(18)13-10-11-7-5-6-8-12(11)16-13/h5-8,13,16H,4,9-10H2,1-3H3,(H,17,18)/t13-/m0/s1. The molecule has 3 heteroatoms. The van der Waals surface area contributed by atoms with Gasteiger partial charge >= 0.3 is 0 Å². The topological polar surface area (TPSA) is 41.1 Å². The average Bonchev–Trinajstić information content (AvgIpc) is 2.71. The van der Waals surface area contributed by atoms with Crippen molar-refractivity contribution < 1.29 is 4.79 Å². The Morgan fingerprint density at radius 2 is 2.17 bits per heavy atom. The maximum atomic E-state index is 12.2. The Labute approximate surface area is 109 Å². The normalized spacial score (nSPS) is 18.1. The van der Waals surface area contributed by atoms with Crippen LogP contribution in [0.4, 0.5) is 5.69 Å². The highest BCUT2D eigenvalue weighted by Crippen LogP contribution is 2.25. The van der Waals surface area contributed by atoms with Gasteiger partial charge in [-0.3, -0.25) is 4.79 Å². The van der Waals surface area contributed by atoms with Gasteiger partial charge in [-0.2, -0.15) is 0 Å². The van der Waals surface area contributed by atoms with E-state index in [0.717, 1.165) is 24.9 Å². The summed E-state index contributed by atoms with van der Waals surface area (Å²) in [5.41, 5.74) is 2.19.